The van der Waals surface area contributed by atoms with E-state index in [-0.39, 0.29) is 0 Å². The van der Waals surface area contributed by atoms with Crippen LogP contribution in [-0.4, -0.2) is 31.1 Å². The van der Waals surface area contributed by atoms with Gasteiger partial charge in [0.15, 0.2) is 11.5 Å². The monoisotopic (exact) mass is 456 g/mol. The zero-order valence-corrected chi connectivity index (χ0v) is 18.7. The van der Waals surface area contributed by atoms with Gasteiger partial charge < -0.3 is 10.5 Å². The van der Waals surface area contributed by atoms with Crippen molar-refractivity contribution in [3.8, 4) is 34.2 Å². The van der Waals surface area contributed by atoms with Gasteiger partial charge in [-0.2, -0.15) is 0 Å². The Kier molecular flexibility index (Phi) is 5.62. The molecular weight excluding hydrogens is 436 g/mol. The lowest BCUT2D eigenvalue weighted by Gasteiger charge is -2.11. The van der Waals surface area contributed by atoms with E-state index in [0.29, 0.717) is 29.8 Å². The van der Waals surface area contributed by atoms with Crippen LogP contribution in [0.1, 0.15) is 12.5 Å². The molecule has 0 aliphatic carbocycles. The van der Waals surface area contributed by atoms with E-state index >= 15 is 0 Å². The SMILES string of the molecule is CCOc1ccc(-c2ccc3nc(-c4cccnc4N)n(-c4ccc(CCl)cc4)c3n2)nc1. The Morgan fingerprint density at radius 3 is 2.45 bits per heavy atom. The van der Waals surface area contributed by atoms with Crippen LogP contribution in [0.3, 0.4) is 0 Å². The smallest absolute Gasteiger partial charge is 0.165 e. The topological polar surface area (TPSA) is 91.7 Å². The lowest BCUT2D eigenvalue weighted by atomic mass is 10.2. The minimum atomic E-state index is 0.403. The number of benzene rings is 1. The summed E-state index contributed by atoms with van der Waals surface area (Å²) >= 11 is 5.99. The zero-order chi connectivity index (χ0) is 22.8. The molecule has 0 spiro atoms. The Labute approximate surface area is 195 Å². The molecule has 0 fully saturated rings. The van der Waals surface area contributed by atoms with Crippen molar-refractivity contribution in [2.45, 2.75) is 12.8 Å². The molecule has 33 heavy (non-hydrogen) atoms. The number of fused-ring (bicyclic) bond motifs is 1. The molecule has 4 heterocycles. The molecule has 5 aromatic rings. The minimum absolute atomic E-state index is 0.403. The number of pyridine rings is 3. The summed E-state index contributed by atoms with van der Waals surface area (Å²) in [6, 6.07) is 19.4. The predicted octanol–water partition coefficient (Wildman–Crippen LogP) is 5.26. The number of hydrogen-bond donors (Lipinski definition) is 1. The van der Waals surface area contributed by atoms with Gasteiger partial charge in [0.2, 0.25) is 0 Å². The number of nitrogen functional groups attached to an aromatic ring is 1. The van der Waals surface area contributed by atoms with Crippen molar-refractivity contribution in [2.24, 2.45) is 0 Å². The van der Waals surface area contributed by atoms with Crippen LogP contribution in [0.5, 0.6) is 5.75 Å². The number of anilines is 1. The number of imidazole rings is 1. The third-order valence-corrected chi connectivity index (χ3v) is 5.55. The van der Waals surface area contributed by atoms with E-state index in [2.05, 4.69) is 9.97 Å². The van der Waals surface area contributed by atoms with Crippen LogP contribution in [0, 0.1) is 0 Å². The molecule has 4 aromatic heterocycles. The highest BCUT2D eigenvalue weighted by Crippen LogP contribution is 2.31. The summed E-state index contributed by atoms with van der Waals surface area (Å²) in [4.78, 5) is 18.5. The third kappa shape index (κ3) is 3.99. The van der Waals surface area contributed by atoms with Crippen molar-refractivity contribution < 1.29 is 4.74 Å². The molecule has 1 aromatic carbocycles. The first-order chi connectivity index (χ1) is 16.2. The van der Waals surface area contributed by atoms with Gasteiger partial charge in [-0.05, 0) is 61.0 Å². The number of nitrogens with zero attached hydrogens (tertiary/aromatic N) is 5. The first-order valence-electron chi connectivity index (χ1n) is 10.5. The van der Waals surface area contributed by atoms with E-state index in [9.17, 15) is 0 Å². The molecule has 0 aliphatic heterocycles. The van der Waals surface area contributed by atoms with Crippen LogP contribution in [0.2, 0.25) is 0 Å². The maximum absolute atomic E-state index is 6.20. The average Bonchev–Trinajstić information content (AvgIpc) is 3.23. The molecular formula is C25H21ClN6O. The fourth-order valence-corrected chi connectivity index (χ4v) is 3.83. The summed E-state index contributed by atoms with van der Waals surface area (Å²) in [7, 11) is 0. The fraction of sp³-hybridized carbons (Fsp3) is 0.120. The Hall–Kier alpha value is -3.97. The van der Waals surface area contributed by atoms with Crippen LogP contribution in [0.4, 0.5) is 5.82 Å². The number of hydrogen-bond acceptors (Lipinski definition) is 6. The summed E-state index contributed by atoms with van der Waals surface area (Å²) in [6.45, 7) is 2.53. The van der Waals surface area contributed by atoms with E-state index in [0.717, 1.165) is 39.5 Å². The van der Waals surface area contributed by atoms with E-state index in [1.54, 1.807) is 12.4 Å². The van der Waals surface area contributed by atoms with Gasteiger partial charge in [0.05, 0.1) is 29.8 Å². The highest BCUT2D eigenvalue weighted by atomic mass is 35.5. The largest absolute Gasteiger partial charge is 0.492 e. The molecule has 0 unspecified atom stereocenters. The van der Waals surface area contributed by atoms with Gasteiger partial charge in [-0.3, -0.25) is 9.55 Å². The highest BCUT2D eigenvalue weighted by Gasteiger charge is 2.19. The molecule has 2 N–H and O–H groups in total. The normalized spacial score (nSPS) is 11.1. The summed E-state index contributed by atoms with van der Waals surface area (Å²) in [5.74, 6) is 2.23. The van der Waals surface area contributed by atoms with Gasteiger partial charge in [-0.25, -0.2) is 15.0 Å². The van der Waals surface area contributed by atoms with Gasteiger partial charge in [0.1, 0.15) is 17.1 Å². The number of halogens is 1. The van der Waals surface area contributed by atoms with Gasteiger partial charge in [-0.15, -0.1) is 11.6 Å². The van der Waals surface area contributed by atoms with Gasteiger partial charge in [-0.1, -0.05) is 12.1 Å². The number of nitrogens with two attached hydrogens (primary N) is 1. The maximum Gasteiger partial charge on any atom is 0.165 e. The first-order valence-corrected chi connectivity index (χ1v) is 11.1. The Balaban J connectivity index is 1.71. The van der Waals surface area contributed by atoms with Crippen LogP contribution in [0.15, 0.2) is 73.1 Å². The van der Waals surface area contributed by atoms with Crippen molar-refractivity contribution in [1.29, 1.82) is 0 Å². The second kappa shape index (κ2) is 8.88. The first kappa shape index (κ1) is 20.9. The van der Waals surface area contributed by atoms with Crippen LogP contribution in [0.25, 0.3) is 39.6 Å². The lowest BCUT2D eigenvalue weighted by Crippen LogP contribution is -2.02. The molecule has 7 nitrogen and oxygen atoms in total. The lowest BCUT2D eigenvalue weighted by molar-refractivity contribution is 0.339. The molecule has 0 amide bonds. The second-order valence-corrected chi connectivity index (χ2v) is 7.63. The van der Waals surface area contributed by atoms with Gasteiger partial charge in [0, 0.05) is 17.8 Å². The van der Waals surface area contributed by atoms with E-state index < -0.39 is 0 Å². The molecule has 164 valence electrons. The molecule has 0 saturated heterocycles. The minimum Gasteiger partial charge on any atom is -0.492 e. The van der Waals surface area contributed by atoms with E-state index in [1.807, 2.05) is 72.2 Å². The third-order valence-electron chi connectivity index (χ3n) is 5.24. The molecule has 0 saturated carbocycles. The zero-order valence-electron chi connectivity index (χ0n) is 17.9. The van der Waals surface area contributed by atoms with E-state index in [4.69, 9.17) is 32.0 Å². The van der Waals surface area contributed by atoms with Crippen molar-refractivity contribution in [3.63, 3.8) is 0 Å². The van der Waals surface area contributed by atoms with Crippen molar-refractivity contribution in [2.75, 3.05) is 12.3 Å². The summed E-state index contributed by atoms with van der Waals surface area (Å²) in [6.07, 6.45) is 3.36. The van der Waals surface area contributed by atoms with Crippen molar-refractivity contribution in [1.82, 2.24) is 24.5 Å². The van der Waals surface area contributed by atoms with Gasteiger partial charge >= 0.3 is 0 Å². The molecule has 5 rings (SSSR count). The van der Waals surface area contributed by atoms with Crippen molar-refractivity contribution >= 4 is 28.6 Å². The second-order valence-electron chi connectivity index (χ2n) is 7.36. The quantitative estimate of drug-likeness (QED) is 0.350. The highest BCUT2D eigenvalue weighted by molar-refractivity contribution is 6.17. The molecule has 8 heteroatoms. The molecule has 0 atom stereocenters. The summed E-state index contributed by atoms with van der Waals surface area (Å²) < 4.78 is 7.49. The number of aromatic nitrogens is 5. The Morgan fingerprint density at radius 2 is 1.76 bits per heavy atom. The maximum atomic E-state index is 6.20. The van der Waals surface area contributed by atoms with Crippen LogP contribution in [-0.2, 0) is 5.88 Å². The summed E-state index contributed by atoms with van der Waals surface area (Å²) in [5.41, 5.74) is 11.8. The Bertz CT molecular complexity index is 1410. The summed E-state index contributed by atoms with van der Waals surface area (Å²) in [5, 5.41) is 0. The number of alkyl halides is 1. The standard InChI is InChI=1S/C25H21ClN6O/c1-2-33-18-9-10-20(29-15-18)21-11-12-22-25(30-21)32(17-7-5-16(14-26)6-8-17)24(31-22)19-4-3-13-28-23(19)27/h3-13,15H,2,14H2,1H3,(H2,27,28). The molecule has 0 aliphatic rings. The predicted molar refractivity (Wildman–Crippen MR) is 130 cm³/mol. The Morgan fingerprint density at radius 1 is 0.939 bits per heavy atom. The number of ether oxygens (including phenoxy) is 1. The number of rotatable bonds is 6. The van der Waals surface area contributed by atoms with Gasteiger partial charge in [0.25, 0.3) is 0 Å². The molecule has 0 bridgehead atoms. The average molecular weight is 457 g/mol. The molecule has 0 radical (unpaired) electrons. The van der Waals surface area contributed by atoms with Crippen LogP contribution >= 0.6 is 11.6 Å². The van der Waals surface area contributed by atoms with E-state index in [1.165, 1.54) is 0 Å². The fourth-order valence-electron chi connectivity index (χ4n) is 3.65. The van der Waals surface area contributed by atoms with Crippen molar-refractivity contribution in [3.05, 3.63) is 78.6 Å². The van der Waals surface area contributed by atoms with Crippen LogP contribution < -0.4 is 10.5 Å².